The predicted molar refractivity (Wildman–Crippen MR) is 44.1 cm³/mol. The van der Waals surface area contributed by atoms with Gasteiger partial charge in [-0.15, -0.1) is 0 Å². The van der Waals surface area contributed by atoms with Gasteiger partial charge in [-0.1, -0.05) is 0 Å². The fraction of sp³-hybridized carbons (Fsp3) is 0. The number of rotatable bonds is 0. The standard InChI is InChI=1S/2C5H5.BrH.ClH.Ti/c2*1-2-4-5-3-1;;;/h2*1-5H;2*1H;/q2*-1;;;+4/p-2. The first-order valence-corrected chi connectivity index (χ1v) is 3.33. The van der Waals surface area contributed by atoms with Crippen molar-refractivity contribution in [1.82, 2.24) is 0 Å². The Hall–Kier alpha value is 0.184. The Kier molecular flexibility index (Phi) is 21.3. The SMILES string of the molecule is [Br-].[Cl-].[Ti+4].c1cc[cH-]c1.c1cc[cH-]c1. The Morgan fingerprint density at radius 2 is 0.846 bits per heavy atom. The first kappa shape index (κ1) is 18.9. The largest absolute Gasteiger partial charge is 4.00 e. The number of halogens is 2. The summed E-state index contributed by atoms with van der Waals surface area (Å²) in [5, 5.41) is 0. The molecule has 68 valence electrons. The zero-order valence-corrected chi connectivity index (χ0v) is 10.9. The maximum atomic E-state index is 2.00. The van der Waals surface area contributed by atoms with Crippen LogP contribution in [-0.4, -0.2) is 0 Å². The van der Waals surface area contributed by atoms with Crippen LogP contribution >= 0.6 is 0 Å². The van der Waals surface area contributed by atoms with Gasteiger partial charge in [0.05, 0.1) is 0 Å². The molecule has 0 saturated carbocycles. The Labute approximate surface area is 111 Å². The molecule has 0 spiro atoms. The second-order valence-corrected chi connectivity index (χ2v) is 1.92. The molecule has 0 bridgehead atoms. The van der Waals surface area contributed by atoms with E-state index in [9.17, 15) is 0 Å². The third kappa shape index (κ3) is 12.2. The maximum absolute atomic E-state index is 2.00. The van der Waals surface area contributed by atoms with Crippen LogP contribution in [0, 0.1) is 0 Å². The molecule has 2 aromatic carbocycles. The quantitative estimate of drug-likeness (QED) is 0.355. The topological polar surface area (TPSA) is 0 Å². The fourth-order valence-electron chi connectivity index (χ4n) is 0.642. The van der Waals surface area contributed by atoms with E-state index in [0.29, 0.717) is 0 Å². The molecule has 0 radical (unpaired) electrons. The number of hydrogen-bond acceptors (Lipinski definition) is 0. The average molecular weight is 293 g/mol. The summed E-state index contributed by atoms with van der Waals surface area (Å²) in [6, 6.07) is 20.0. The molecule has 0 fully saturated rings. The molecule has 13 heavy (non-hydrogen) atoms. The molecule has 0 unspecified atom stereocenters. The average Bonchev–Trinajstić information content (AvgIpc) is 2.67. The molecule has 0 aliphatic carbocycles. The minimum Gasteiger partial charge on any atom is -1.00 e. The molecule has 0 atom stereocenters. The summed E-state index contributed by atoms with van der Waals surface area (Å²) in [5.41, 5.74) is 0. The van der Waals surface area contributed by atoms with Crippen molar-refractivity contribution < 1.29 is 51.1 Å². The molecule has 0 aliphatic heterocycles. The summed E-state index contributed by atoms with van der Waals surface area (Å²) in [5.74, 6) is 0. The molecule has 0 nitrogen and oxygen atoms in total. The van der Waals surface area contributed by atoms with Gasteiger partial charge < -0.3 is 29.4 Å². The van der Waals surface area contributed by atoms with Crippen LogP contribution in [0.25, 0.3) is 0 Å². The summed E-state index contributed by atoms with van der Waals surface area (Å²) in [7, 11) is 0. The van der Waals surface area contributed by atoms with E-state index in [4.69, 9.17) is 0 Å². The number of hydrogen-bond donors (Lipinski definition) is 0. The molecule has 0 N–H and O–H groups in total. The van der Waals surface area contributed by atoms with Gasteiger partial charge >= 0.3 is 21.7 Å². The van der Waals surface area contributed by atoms with E-state index >= 15 is 0 Å². The Morgan fingerprint density at radius 1 is 0.615 bits per heavy atom. The van der Waals surface area contributed by atoms with Crippen molar-refractivity contribution in [2.75, 3.05) is 0 Å². The van der Waals surface area contributed by atoms with Crippen molar-refractivity contribution in [3.8, 4) is 0 Å². The fourth-order valence-corrected chi connectivity index (χ4v) is 0.642. The Balaban J connectivity index is -0.000000125. The molecule has 0 heterocycles. The molecular formula is C10H10BrClTi. The van der Waals surface area contributed by atoms with Crippen molar-refractivity contribution in [2.24, 2.45) is 0 Å². The first-order valence-electron chi connectivity index (χ1n) is 3.33. The van der Waals surface area contributed by atoms with E-state index in [1.807, 2.05) is 60.7 Å². The molecule has 0 aliphatic rings. The van der Waals surface area contributed by atoms with Crippen molar-refractivity contribution in [3.05, 3.63) is 60.7 Å². The molecular weight excluding hydrogens is 283 g/mol. The smallest absolute Gasteiger partial charge is 1.00 e. The third-order valence-electron chi connectivity index (χ3n) is 1.11. The van der Waals surface area contributed by atoms with E-state index < -0.39 is 0 Å². The van der Waals surface area contributed by atoms with Gasteiger partial charge in [-0.3, -0.25) is 0 Å². The van der Waals surface area contributed by atoms with Gasteiger partial charge in [0, 0.05) is 0 Å². The van der Waals surface area contributed by atoms with E-state index in [1.165, 1.54) is 0 Å². The van der Waals surface area contributed by atoms with Crippen LogP contribution in [0.5, 0.6) is 0 Å². The van der Waals surface area contributed by atoms with E-state index in [1.54, 1.807) is 0 Å². The molecule has 2 aromatic rings. The summed E-state index contributed by atoms with van der Waals surface area (Å²) >= 11 is 0. The van der Waals surface area contributed by atoms with Crippen LogP contribution < -0.4 is 29.4 Å². The Bertz CT molecular complexity index is 154. The summed E-state index contributed by atoms with van der Waals surface area (Å²) in [6.45, 7) is 0. The van der Waals surface area contributed by atoms with Gasteiger partial charge in [0.2, 0.25) is 0 Å². The van der Waals surface area contributed by atoms with Gasteiger partial charge in [0.1, 0.15) is 0 Å². The monoisotopic (exact) mass is 292 g/mol. The first-order chi connectivity index (χ1) is 5.00. The maximum Gasteiger partial charge on any atom is 4.00 e. The van der Waals surface area contributed by atoms with Crippen LogP contribution in [0.4, 0.5) is 0 Å². The molecule has 0 amide bonds. The summed E-state index contributed by atoms with van der Waals surface area (Å²) in [6.07, 6.45) is 0. The van der Waals surface area contributed by atoms with Gasteiger partial charge in [0.25, 0.3) is 0 Å². The zero-order chi connectivity index (χ0) is 7.07. The summed E-state index contributed by atoms with van der Waals surface area (Å²) < 4.78 is 0. The zero-order valence-electron chi connectivity index (χ0n) is 7.03. The van der Waals surface area contributed by atoms with Crippen molar-refractivity contribution in [1.29, 1.82) is 0 Å². The van der Waals surface area contributed by atoms with Crippen molar-refractivity contribution in [2.45, 2.75) is 0 Å². The normalized spacial score (nSPS) is 6.15. The van der Waals surface area contributed by atoms with E-state index in [2.05, 4.69) is 0 Å². The second kappa shape index (κ2) is 14.7. The van der Waals surface area contributed by atoms with E-state index in [-0.39, 0.29) is 51.1 Å². The van der Waals surface area contributed by atoms with Crippen molar-refractivity contribution in [3.63, 3.8) is 0 Å². The van der Waals surface area contributed by atoms with Crippen LogP contribution in [-0.2, 0) is 21.7 Å². The van der Waals surface area contributed by atoms with Crippen LogP contribution in [0.15, 0.2) is 60.7 Å². The van der Waals surface area contributed by atoms with Gasteiger partial charge in [0.15, 0.2) is 0 Å². The summed E-state index contributed by atoms with van der Waals surface area (Å²) in [4.78, 5) is 0. The van der Waals surface area contributed by atoms with Gasteiger partial charge in [-0.25, -0.2) is 24.3 Å². The third-order valence-corrected chi connectivity index (χ3v) is 1.11. The molecule has 0 saturated heterocycles. The van der Waals surface area contributed by atoms with Gasteiger partial charge in [-0.2, -0.15) is 36.4 Å². The Morgan fingerprint density at radius 3 is 0.923 bits per heavy atom. The van der Waals surface area contributed by atoms with Gasteiger partial charge in [-0.05, 0) is 0 Å². The molecule has 3 heteroatoms. The predicted octanol–water partition coefficient (Wildman–Crippen LogP) is -3.18. The van der Waals surface area contributed by atoms with Crippen LogP contribution in [0.1, 0.15) is 0 Å². The molecule has 0 aromatic heterocycles. The molecule has 2 rings (SSSR count). The second-order valence-electron chi connectivity index (χ2n) is 1.92. The van der Waals surface area contributed by atoms with Crippen LogP contribution in [0.3, 0.4) is 0 Å². The van der Waals surface area contributed by atoms with Crippen molar-refractivity contribution >= 4 is 0 Å². The minimum atomic E-state index is 0. The van der Waals surface area contributed by atoms with Crippen LogP contribution in [0.2, 0.25) is 0 Å². The minimum absolute atomic E-state index is 0. The van der Waals surface area contributed by atoms with E-state index in [0.717, 1.165) is 0 Å².